The van der Waals surface area contributed by atoms with E-state index in [9.17, 15) is 13.2 Å². The van der Waals surface area contributed by atoms with Crippen LogP contribution >= 0.6 is 11.8 Å². The lowest BCUT2D eigenvalue weighted by molar-refractivity contribution is 0.252. The maximum Gasteiger partial charge on any atom is 0.288 e. The molecule has 19 heavy (non-hydrogen) atoms. The van der Waals surface area contributed by atoms with E-state index in [1.807, 2.05) is 0 Å². The summed E-state index contributed by atoms with van der Waals surface area (Å²) in [6.07, 6.45) is 0. The first-order valence-electron chi connectivity index (χ1n) is 5.42. The van der Waals surface area contributed by atoms with E-state index < -0.39 is 11.6 Å². The van der Waals surface area contributed by atoms with Crippen molar-refractivity contribution in [1.29, 1.82) is 0 Å². The van der Waals surface area contributed by atoms with E-state index in [2.05, 4.69) is 5.32 Å². The van der Waals surface area contributed by atoms with E-state index in [0.717, 1.165) is 0 Å². The lowest BCUT2D eigenvalue weighted by atomic mass is 10.2. The Morgan fingerprint density at radius 3 is 2.47 bits per heavy atom. The first-order valence-corrected chi connectivity index (χ1v) is 6.30. The van der Waals surface area contributed by atoms with Crippen molar-refractivity contribution in [2.24, 2.45) is 0 Å². The van der Waals surface area contributed by atoms with Crippen LogP contribution in [0.4, 0.5) is 30.2 Å². The molecule has 2 aromatic carbocycles. The number of nitrogen functional groups attached to an aromatic ring is 1. The number of anilines is 3. The molecule has 0 saturated carbocycles. The zero-order chi connectivity index (χ0) is 13.8. The highest BCUT2D eigenvalue weighted by Crippen LogP contribution is 2.34. The van der Waals surface area contributed by atoms with Crippen molar-refractivity contribution in [3.8, 4) is 0 Å². The molecule has 0 amide bonds. The number of nitrogens with one attached hydrogen (secondary N) is 1. The summed E-state index contributed by atoms with van der Waals surface area (Å²) < 4.78 is 37.8. The van der Waals surface area contributed by atoms with Gasteiger partial charge in [0, 0.05) is 4.90 Å². The van der Waals surface area contributed by atoms with E-state index >= 15 is 0 Å². The molecule has 6 heteroatoms. The Morgan fingerprint density at radius 1 is 1.05 bits per heavy atom. The third-order valence-corrected chi connectivity index (χ3v) is 3.17. The van der Waals surface area contributed by atoms with Crippen LogP contribution in [0.3, 0.4) is 0 Å². The maximum absolute atomic E-state index is 12.9. The molecule has 0 radical (unpaired) electrons. The minimum absolute atomic E-state index is 0.219. The predicted octanol–water partition coefficient (Wildman–Crippen LogP) is 4.47. The van der Waals surface area contributed by atoms with Gasteiger partial charge in [-0.1, -0.05) is 23.9 Å². The van der Waals surface area contributed by atoms with Gasteiger partial charge in [-0.3, -0.25) is 0 Å². The number of halogens is 3. The summed E-state index contributed by atoms with van der Waals surface area (Å²) in [5, 5.41) is 2.93. The highest BCUT2D eigenvalue weighted by molar-refractivity contribution is 7.99. The van der Waals surface area contributed by atoms with Crippen molar-refractivity contribution in [2.75, 3.05) is 11.1 Å². The number of hydrogen-bond acceptors (Lipinski definition) is 3. The minimum Gasteiger partial charge on any atom is -0.397 e. The summed E-state index contributed by atoms with van der Waals surface area (Å²) in [6, 6.07) is 10.5. The minimum atomic E-state index is -2.51. The molecule has 0 atom stereocenters. The van der Waals surface area contributed by atoms with Gasteiger partial charge in [0.1, 0.15) is 5.82 Å². The van der Waals surface area contributed by atoms with Crippen LogP contribution in [0.15, 0.2) is 47.4 Å². The zero-order valence-corrected chi connectivity index (χ0v) is 10.6. The van der Waals surface area contributed by atoms with Crippen LogP contribution in [-0.4, -0.2) is 5.76 Å². The van der Waals surface area contributed by atoms with Gasteiger partial charge in [-0.25, -0.2) is 4.39 Å². The number of alkyl halides is 2. The number of thioether (sulfide) groups is 1. The van der Waals surface area contributed by atoms with Crippen molar-refractivity contribution < 1.29 is 13.2 Å². The fourth-order valence-electron chi connectivity index (χ4n) is 1.56. The van der Waals surface area contributed by atoms with Gasteiger partial charge in [-0.15, -0.1) is 0 Å². The first kappa shape index (κ1) is 13.6. The van der Waals surface area contributed by atoms with E-state index in [-0.39, 0.29) is 5.69 Å². The van der Waals surface area contributed by atoms with Crippen LogP contribution in [0, 0.1) is 5.82 Å². The molecule has 2 aromatic rings. The number of para-hydroxylation sites is 1. The molecule has 0 fully saturated rings. The van der Waals surface area contributed by atoms with E-state index in [1.54, 1.807) is 24.3 Å². The summed E-state index contributed by atoms with van der Waals surface area (Å²) in [6.45, 7) is 0. The molecular formula is C13H11F3N2S. The molecule has 0 heterocycles. The van der Waals surface area contributed by atoms with Gasteiger partial charge in [-0.05, 0) is 30.3 Å². The van der Waals surface area contributed by atoms with Crippen LogP contribution < -0.4 is 11.1 Å². The van der Waals surface area contributed by atoms with Gasteiger partial charge in [0.05, 0.1) is 17.1 Å². The monoisotopic (exact) mass is 284 g/mol. The molecule has 0 unspecified atom stereocenters. The molecule has 0 saturated heterocycles. The Hall–Kier alpha value is -1.82. The van der Waals surface area contributed by atoms with Gasteiger partial charge in [-0.2, -0.15) is 8.78 Å². The number of nitrogens with two attached hydrogens (primary N) is 1. The molecule has 0 aliphatic rings. The van der Waals surface area contributed by atoms with Crippen molar-refractivity contribution in [3.05, 3.63) is 48.3 Å². The van der Waals surface area contributed by atoms with Gasteiger partial charge < -0.3 is 11.1 Å². The molecule has 0 aliphatic heterocycles. The fraction of sp³-hybridized carbons (Fsp3) is 0.0769. The molecule has 100 valence electrons. The molecular weight excluding hydrogens is 273 g/mol. The molecule has 0 spiro atoms. The average molecular weight is 284 g/mol. The van der Waals surface area contributed by atoms with E-state index in [1.165, 1.54) is 18.2 Å². The molecule has 3 N–H and O–H groups in total. The summed E-state index contributed by atoms with van der Waals surface area (Å²) in [5.41, 5.74) is 6.86. The fourth-order valence-corrected chi connectivity index (χ4v) is 2.16. The van der Waals surface area contributed by atoms with Crippen molar-refractivity contribution in [3.63, 3.8) is 0 Å². The molecule has 0 aromatic heterocycles. The number of rotatable bonds is 4. The lowest BCUT2D eigenvalue weighted by Gasteiger charge is -2.13. The Morgan fingerprint density at radius 2 is 1.79 bits per heavy atom. The van der Waals surface area contributed by atoms with Crippen molar-refractivity contribution >= 4 is 28.8 Å². The standard InChI is InChI=1S/C13H11F3N2S/c14-8-5-6-10(9(17)7-8)18-11-3-1-2-4-12(11)19-13(15)16/h1-7,13,18H,17H2. The Bertz CT molecular complexity index is 576. The van der Waals surface area contributed by atoms with E-state index in [4.69, 9.17) is 5.73 Å². The van der Waals surface area contributed by atoms with Crippen LogP contribution in [-0.2, 0) is 0 Å². The maximum atomic E-state index is 12.9. The lowest BCUT2D eigenvalue weighted by Crippen LogP contribution is -1.98. The third kappa shape index (κ3) is 3.57. The summed E-state index contributed by atoms with van der Waals surface area (Å²) >= 11 is 0.443. The Balaban J connectivity index is 2.27. The first-order chi connectivity index (χ1) is 9.06. The topological polar surface area (TPSA) is 38.0 Å². The summed E-state index contributed by atoms with van der Waals surface area (Å²) in [7, 11) is 0. The highest BCUT2D eigenvalue weighted by Gasteiger charge is 2.10. The summed E-state index contributed by atoms with van der Waals surface area (Å²) in [5.74, 6) is -2.95. The van der Waals surface area contributed by atoms with Crippen LogP contribution in [0.2, 0.25) is 0 Å². The van der Waals surface area contributed by atoms with Gasteiger partial charge in [0.25, 0.3) is 5.76 Å². The quantitative estimate of drug-likeness (QED) is 0.642. The largest absolute Gasteiger partial charge is 0.397 e. The van der Waals surface area contributed by atoms with Gasteiger partial charge in [0.2, 0.25) is 0 Å². The van der Waals surface area contributed by atoms with Crippen molar-refractivity contribution in [2.45, 2.75) is 10.7 Å². The number of hydrogen-bond donors (Lipinski definition) is 2. The SMILES string of the molecule is Nc1cc(F)ccc1Nc1ccccc1SC(F)F. The predicted molar refractivity (Wildman–Crippen MR) is 72.4 cm³/mol. The van der Waals surface area contributed by atoms with Crippen LogP contribution in [0.25, 0.3) is 0 Å². The third-order valence-electron chi connectivity index (χ3n) is 2.39. The van der Waals surface area contributed by atoms with Crippen LogP contribution in [0.1, 0.15) is 0 Å². The zero-order valence-electron chi connectivity index (χ0n) is 9.74. The molecule has 2 nitrogen and oxygen atoms in total. The average Bonchev–Trinajstić information content (AvgIpc) is 2.34. The highest BCUT2D eigenvalue weighted by atomic mass is 32.2. The molecule has 0 aliphatic carbocycles. The second-order valence-corrected chi connectivity index (χ2v) is 4.76. The second kappa shape index (κ2) is 5.88. The normalized spacial score (nSPS) is 10.7. The van der Waals surface area contributed by atoms with Gasteiger partial charge in [0.15, 0.2) is 0 Å². The smallest absolute Gasteiger partial charge is 0.288 e. The van der Waals surface area contributed by atoms with Gasteiger partial charge >= 0.3 is 0 Å². The molecule has 2 rings (SSSR count). The Labute approximate surface area is 112 Å². The summed E-state index contributed by atoms with van der Waals surface area (Å²) in [4.78, 5) is 0.404. The number of benzene rings is 2. The second-order valence-electron chi connectivity index (χ2n) is 3.73. The Kier molecular flexibility index (Phi) is 4.21. The van der Waals surface area contributed by atoms with Crippen LogP contribution in [0.5, 0.6) is 0 Å². The van der Waals surface area contributed by atoms with Crippen molar-refractivity contribution in [1.82, 2.24) is 0 Å². The molecule has 0 bridgehead atoms. The van der Waals surface area contributed by atoms with E-state index in [0.29, 0.717) is 28.0 Å².